The standard InChI is InChI=1S/C23H28O6S/c1-3-13-27-22-20(25)23(30-18-7-5-4-6-8-18)29-19(14-24)21(22)28-15-16-9-11-17(26-2)12-10-16/h3-12,19-25H,1,13-15H2,2H3/t19-,20-,21-,22-,23+/m1/s1. The Kier molecular flexibility index (Phi) is 8.74. The highest BCUT2D eigenvalue weighted by atomic mass is 32.2. The largest absolute Gasteiger partial charge is 0.497 e. The van der Waals surface area contributed by atoms with E-state index in [4.69, 9.17) is 18.9 Å². The molecule has 0 bridgehead atoms. The second-order valence-corrected chi connectivity index (χ2v) is 8.03. The topological polar surface area (TPSA) is 77.4 Å². The van der Waals surface area contributed by atoms with Crippen LogP contribution in [0.15, 0.2) is 72.1 Å². The number of hydrogen-bond donors (Lipinski definition) is 2. The maximum atomic E-state index is 11.0. The van der Waals surface area contributed by atoms with Gasteiger partial charge in [-0.05, 0) is 29.8 Å². The van der Waals surface area contributed by atoms with Crippen molar-refractivity contribution >= 4 is 11.8 Å². The van der Waals surface area contributed by atoms with Gasteiger partial charge in [-0.2, -0.15) is 0 Å². The number of rotatable bonds is 10. The van der Waals surface area contributed by atoms with Crippen LogP contribution in [-0.4, -0.2) is 60.4 Å². The van der Waals surface area contributed by atoms with Gasteiger partial charge in [0.25, 0.3) is 0 Å². The highest BCUT2D eigenvalue weighted by Crippen LogP contribution is 2.35. The normalized spacial score (nSPS) is 26.3. The van der Waals surface area contributed by atoms with Crippen LogP contribution in [0.5, 0.6) is 5.75 Å². The van der Waals surface area contributed by atoms with Crippen molar-refractivity contribution in [3.8, 4) is 5.75 Å². The number of hydrogen-bond acceptors (Lipinski definition) is 7. The number of benzene rings is 2. The maximum Gasteiger partial charge on any atom is 0.136 e. The molecular formula is C23H28O6S. The van der Waals surface area contributed by atoms with Crippen molar-refractivity contribution < 1.29 is 29.2 Å². The summed E-state index contributed by atoms with van der Waals surface area (Å²) in [4.78, 5) is 0.957. The van der Waals surface area contributed by atoms with E-state index in [2.05, 4.69) is 6.58 Å². The Morgan fingerprint density at radius 1 is 1.07 bits per heavy atom. The molecule has 1 fully saturated rings. The first-order valence-corrected chi connectivity index (χ1v) is 10.7. The van der Waals surface area contributed by atoms with Gasteiger partial charge >= 0.3 is 0 Å². The first-order valence-electron chi connectivity index (χ1n) is 9.79. The van der Waals surface area contributed by atoms with Crippen LogP contribution >= 0.6 is 11.8 Å². The van der Waals surface area contributed by atoms with Crippen LogP contribution in [0.1, 0.15) is 5.56 Å². The Hall–Kier alpha value is -1.87. The molecule has 7 heteroatoms. The van der Waals surface area contributed by atoms with E-state index < -0.39 is 29.9 Å². The van der Waals surface area contributed by atoms with Gasteiger partial charge in [0, 0.05) is 4.90 Å². The first-order chi connectivity index (χ1) is 14.7. The zero-order chi connectivity index (χ0) is 21.3. The Bertz CT molecular complexity index is 769. The second kappa shape index (κ2) is 11.5. The van der Waals surface area contributed by atoms with E-state index in [1.807, 2.05) is 54.6 Å². The molecular weight excluding hydrogens is 404 g/mol. The predicted octanol–water partition coefficient (Wildman–Crippen LogP) is 3.02. The number of aliphatic hydroxyl groups is 2. The molecule has 0 spiro atoms. The van der Waals surface area contributed by atoms with Gasteiger partial charge in [0.1, 0.15) is 35.6 Å². The van der Waals surface area contributed by atoms with Crippen LogP contribution in [0.25, 0.3) is 0 Å². The molecule has 0 unspecified atom stereocenters. The van der Waals surface area contributed by atoms with E-state index in [9.17, 15) is 10.2 Å². The summed E-state index contributed by atoms with van der Waals surface area (Å²) >= 11 is 1.39. The lowest BCUT2D eigenvalue weighted by atomic mass is 9.99. The molecule has 162 valence electrons. The summed E-state index contributed by atoms with van der Waals surface area (Å²) < 4.78 is 23.1. The summed E-state index contributed by atoms with van der Waals surface area (Å²) in [6.07, 6.45) is -1.27. The first kappa shape index (κ1) is 22.8. The average molecular weight is 433 g/mol. The van der Waals surface area contributed by atoms with E-state index in [1.54, 1.807) is 13.2 Å². The highest BCUT2D eigenvalue weighted by molar-refractivity contribution is 7.99. The maximum absolute atomic E-state index is 11.0. The molecule has 0 aromatic heterocycles. The van der Waals surface area contributed by atoms with Gasteiger partial charge in [-0.1, -0.05) is 48.2 Å². The molecule has 0 saturated carbocycles. The molecule has 1 aliphatic heterocycles. The van der Waals surface area contributed by atoms with Gasteiger partial charge in [0.05, 0.1) is 26.9 Å². The van der Waals surface area contributed by atoms with Crippen LogP contribution in [0.4, 0.5) is 0 Å². The summed E-state index contributed by atoms with van der Waals surface area (Å²) in [5.41, 5.74) is 0.338. The van der Waals surface area contributed by atoms with Crippen LogP contribution in [0, 0.1) is 0 Å². The fourth-order valence-corrected chi connectivity index (χ4v) is 4.33. The van der Waals surface area contributed by atoms with Crippen molar-refractivity contribution in [3.63, 3.8) is 0 Å². The third-order valence-electron chi connectivity index (χ3n) is 4.80. The third-order valence-corrected chi connectivity index (χ3v) is 5.96. The van der Waals surface area contributed by atoms with Crippen molar-refractivity contribution in [2.24, 2.45) is 0 Å². The lowest BCUT2D eigenvalue weighted by molar-refractivity contribution is -0.234. The molecule has 2 aromatic rings. The van der Waals surface area contributed by atoms with Gasteiger partial charge in [-0.15, -0.1) is 6.58 Å². The van der Waals surface area contributed by atoms with Crippen molar-refractivity contribution in [3.05, 3.63) is 72.8 Å². The minimum absolute atomic E-state index is 0.250. The summed E-state index contributed by atoms with van der Waals surface area (Å²) in [5.74, 6) is 0.761. The highest BCUT2D eigenvalue weighted by Gasteiger charge is 2.46. The smallest absolute Gasteiger partial charge is 0.136 e. The van der Waals surface area contributed by atoms with Crippen LogP contribution in [0.2, 0.25) is 0 Å². The van der Waals surface area contributed by atoms with Crippen molar-refractivity contribution in [1.82, 2.24) is 0 Å². The van der Waals surface area contributed by atoms with Crippen molar-refractivity contribution in [1.29, 1.82) is 0 Å². The molecule has 30 heavy (non-hydrogen) atoms. The Balaban J connectivity index is 1.73. The molecule has 1 heterocycles. The monoisotopic (exact) mass is 432 g/mol. The molecule has 0 radical (unpaired) electrons. The van der Waals surface area contributed by atoms with Gasteiger partial charge in [-0.3, -0.25) is 0 Å². The zero-order valence-corrected chi connectivity index (χ0v) is 17.7. The molecule has 0 aliphatic carbocycles. The summed E-state index contributed by atoms with van der Waals surface area (Å²) in [6, 6.07) is 17.2. The molecule has 1 saturated heterocycles. The molecule has 0 amide bonds. The van der Waals surface area contributed by atoms with E-state index in [1.165, 1.54) is 11.8 Å². The summed E-state index contributed by atoms with van der Waals surface area (Å²) in [6.45, 7) is 3.97. The Morgan fingerprint density at radius 3 is 2.43 bits per heavy atom. The fraction of sp³-hybridized carbons (Fsp3) is 0.391. The van der Waals surface area contributed by atoms with Crippen LogP contribution in [-0.2, 0) is 20.8 Å². The summed E-state index contributed by atoms with van der Waals surface area (Å²) in [5, 5.41) is 20.9. The van der Waals surface area contributed by atoms with Crippen LogP contribution in [0.3, 0.4) is 0 Å². The van der Waals surface area contributed by atoms with Crippen molar-refractivity contribution in [2.45, 2.75) is 41.4 Å². The predicted molar refractivity (Wildman–Crippen MR) is 116 cm³/mol. The van der Waals surface area contributed by atoms with Gasteiger partial charge in [0.15, 0.2) is 0 Å². The third kappa shape index (κ3) is 5.85. The summed E-state index contributed by atoms with van der Waals surface area (Å²) in [7, 11) is 1.61. The minimum Gasteiger partial charge on any atom is -0.497 e. The van der Waals surface area contributed by atoms with Gasteiger partial charge in [0.2, 0.25) is 0 Å². The number of methoxy groups -OCH3 is 1. The second-order valence-electron chi connectivity index (χ2n) is 6.86. The van der Waals surface area contributed by atoms with Crippen molar-refractivity contribution in [2.75, 3.05) is 20.3 Å². The van der Waals surface area contributed by atoms with Crippen LogP contribution < -0.4 is 4.74 Å². The lowest BCUT2D eigenvalue weighted by Crippen LogP contribution is -2.59. The fourth-order valence-electron chi connectivity index (χ4n) is 3.26. The zero-order valence-electron chi connectivity index (χ0n) is 16.9. The molecule has 1 aliphatic rings. The Morgan fingerprint density at radius 2 is 1.80 bits per heavy atom. The van der Waals surface area contributed by atoms with Gasteiger partial charge < -0.3 is 29.2 Å². The van der Waals surface area contributed by atoms with E-state index in [-0.39, 0.29) is 19.8 Å². The molecule has 2 N–H and O–H groups in total. The Labute approximate surface area is 181 Å². The molecule has 6 nitrogen and oxygen atoms in total. The molecule has 5 atom stereocenters. The SMILES string of the molecule is C=CCO[C@@H]1[C@@H](O)[C@H](Sc2ccccc2)O[C@H](CO)[C@H]1OCc1ccc(OC)cc1. The minimum atomic E-state index is -0.946. The van der Waals surface area contributed by atoms with E-state index in [0.717, 1.165) is 16.2 Å². The number of ether oxygens (including phenoxy) is 4. The quantitative estimate of drug-likeness (QED) is 0.559. The average Bonchev–Trinajstić information content (AvgIpc) is 2.79. The number of aliphatic hydroxyl groups excluding tert-OH is 2. The van der Waals surface area contributed by atoms with E-state index in [0.29, 0.717) is 0 Å². The molecule has 2 aromatic carbocycles. The molecule has 3 rings (SSSR count). The number of thioether (sulfide) groups is 1. The van der Waals surface area contributed by atoms with E-state index >= 15 is 0 Å². The lowest BCUT2D eigenvalue weighted by Gasteiger charge is -2.43. The van der Waals surface area contributed by atoms with Gasteiger partial charge in [-0.25, -0.2) is 0 Å².